The largest absolute Gasteiger partial charge is 0.487 e. The van der Waals surface area contributed by atoms with Gasteiger partial charge in [0.15, 0.2) is 0 Å². The van der Waals surface area contributed by atoms with Crippen molar-refractivity contribution in [3.63, 3.8) is 0 Å². The van der Waals surface area contributed by atoms with Crippen LogP contribution in [0.1, 0.15) is 11.1 Å². The minimum Gasteiger partial charge on any atom is -0.487 e. The summed E-state index contributed by atoms with van der Waals surface area (Å²) in [7, 11) is 0. The average Bonchev–Trinajstić information content (AvgIpc) is 3.16. The predicted molar refractivity (Wildman–Crippen MR) is 115 cm³/mol. The fourth-order valence-corrected chi connectivity index (χ4v) is 3.73. The van der Waals surface area contributed by atoms with E-state index in [0.717, 1.165) is 28.0 Å². The van der Waals surface area contributed by atoms with Crippen molar-refractivity contribution in [2.75, 3.05) is 6.54 Å². The fourth-order valence-electron chi connectivity index (χ4n) is 3.34. The molecule has 1 heterocycles. The summed E-state index contributed by atoms with van der Waals surface area (Å²) in [5, 5.41) is 4.00. The molecule has 4 nitrogen and oxygen atoms in total. The molecule has 0 aromatic heterocycles. The molecule has 0 aliphatic carbocycles. The fraction of sp³-hybridized carbons (Fsp3) is 0.174. The van der Waals surface area contributed by atoms with Crippen molar-refractivity contribution in [1.82, 2.24) is 5.32 Å². The van der Waals surface area contributed by atoms with E-state index in [0.29, 0.717) is 23.0 Å². The maximum atomic E-state index is 12.0. The molecule has 1 N–H and O–H groups in total. The lowest BCUT2D eigenvalue weighted by atomic mass is 10.0. The predicted octanol–water partition coefficient (Wildman–Crippen LogP) is 5.89. The highest BCUT2D eigenvalue weighted by Crippen LogP contribution is 2.42. The number of halogens is 2. The van der Waals surface area contributed by atoms with Crippen molar-refractivity contribution in [2.24, 2.45) is 0 Å². The minimum atomic E-state index is -0.466. The third kappa shape index (κ3) is 4.66. The highest BCUT2D eigenvalue weighted by Gasteiger charge is 2.27. The van der Waals surface area contributed by atoms with E-state index in [1.807, 2.05) is 54.6 Å². The quantitative estimate of drug-likeness (QED) is 0.551. The number of para-hydroxylation sites is 1. The maximum absolute atomic E-state index is 12.0. The van der Waals surface area contributed by atoms with Crippen LogP contribution in [0.25, 0.3) is 11.1 Å². The van der Waals surface area contributed by atoms with E-state index in [9.17, 15) is 4.79 Å². The number of nitrogens with one attached hydrogen (secondary N) is 1. The van der Waals surface area contributed by atoms with Crippen molar-refractivity contribution >= 4 is 29.3 Å². The molecule has 3 aromatic carbocycles. The standard InChI is InChI=1S/C23H19Cl2NO3/c24-17-9-10-21(25)20(12-17)19-8-4-7-16-11-18(29-22(16)19)13-26-23(27)28-14-15-5-2-1-3-6-15/h1-10,12,18H,11,13-14H2,(H,26,27). The number of amides is 1. The second-order valence-corrected chi connectivity index (χ2v) is 7.65. The van der Waals surface area contributed by atoms with Crippen molar-refractivity contribution in [2.45, 2.75) is 19.1 Å². The summed E-state index contributed by atoms with van der Waals surface area (Å²) in [4.78, 5) is 12.0. The molecule has 0 radical (unpaired) electrons. The molecule has 29 heavy (non-hydrogen) atoms. The van der Waals surface area contributed by atoms with Gasteiger partial charge in [0.1, 0.15) is 18.5 Å². The van der Waals surface area contributed by atoms with Gasteiger partial charge < -0.3 is 14.8 Å². The number of benzene rings is 3. The Bertz CT molecular complexity index is 1020. The molecular formula is C23H19Cl2NO3. The van der Waals surface area contributed by atoms with Crippen LogP contribution >= 0.6 is 23.2 Å². The molecule has 1 aliphatic heterocycles. The molecule has 0 fully saturated rings. The van der Waals surface area contributed by atoms with Crippen LogP contribution in [-0.4, -0.2) is 18.7 Å². The summed E-state index contributed by atoms with van der Waals surface area (Å²) < 4.78 is 11.4. The summed E-state index contributed by atoms with van der Waals surface area (Å²) in [6, 6.07) is 20.9. The van der Waals surface area contributed by atoms with Crippen molar-refractivity contribution < 1.29 is 14.3 Å². The van der Waals surface area contributed by atoms with Crippen molar-refractivity contribution in [3.8, 4) is 16.9 Å². The van der Waals surface area contributed by atoms with Crippen LogP contribution in [0.3, 0.4) is 0 Å². The van der Waals surface area contributed by atoms with Crippen LogP contribution in [0.5, 0.6) is 5.75 Å². The highest BCUT2D eigenvalue weighted by molar-refractivity contribution is 6.35. The monoisotopic (exact) mass is 427 g/mol. The Hall–Kier alpha value is -2.69. The van der Waals surface area contributed by atoms with Crippen LogP contribution < -0.4 is 10.1 Å². The van der Waals surface area contributed by atoms with Gasteiger partial charge in [0.25, 0.3) is 0 Å². The first-order chi connectivity index (χ1) is 14.1. The van der Waals surface area contributed by atoms with E-state index in [4.69, 9.17) is 32.7 Å². The first kappa shape index (κ1) is 19.6. The number of carbonyl (C=O) groups is 1. The van der Waals surface area contributed by atoms with E-state index in [1.165, 1.54) is 0 Å². The number of ether oxygens (including phenoxy) is 2. The molecule has 1 amide bonds. The van der Waals surface area contributed by atoms with Gasteiger partial charge in [-0.05, 0) is 29.3 Å². The topological polar surface area (TPSA) is 47.6 Å². The summed E-state index contributed by atoms with van der Waals surface area (Å²) in [6.45, 7) is 0.584. The van der Waals surface area contributed by atoms with E-state index in [-0.39, 0.29) is 12.7 Å². The van der Waals surface area contributed by atoms with E-state index in [1.54, 1.807) is 12.1 Å². The minimum absolute atomic E-state index is 0.173. The smallest absolute Gasteiger partial charge is 0.407 e. The van der Waals surface area contributed by atoms with Gasteiger partial charge in [-0.25, -0.2) is 4.79 Å². The zero-order valence-corrected chi connectivity index (χ0v) is 17.0. The molecule has 0 spiro atoms. The number of hydrogen-bond acceptors (Lipinski definition) is 3. The summed E-state index contributed by atoms with van der Waals surface area (Å²) >= 11 is 12.5. The molecule has 1 atom stereocenters. The van der Waals surface area contributed by atoms with E-state index in [2.05, 4.69) is 5.32 Å². The molecule has 3 aromatic rings. The second kappa shape index (κ2) is 8.76. The van der Waals surface area contributed by atoms with Gasteiger partial charge in [-0.3, -0.25) is 0 Å². The summed E-state index contributed by atoms with van der Waals surface area (Å²) in [5.74, 6) is 0.779. The molecule has 1 unspecified atom stereocenters. The highest BCUT2D eigenvalue weighted by atomic mass is 35.5. The molecule has 0 saturated carbocycles. The van der Waals surface area contributed by atoms with Crippen molar-refractivity contribution in [1.29, 1.82) is 0 Å². The number of carbonyl (C=O) groups excluding carboxylic acids is 1. The molecule has 148 valence electrons. The number of alkyl carbamates (subject to hydrolysis) is 1. The normalized spacial score (nSPS) is 14.8. The molecule has 6 heteroatoms. The van der Waals surface area contributed by atoms with Crippen LogP contribution in [0.2, 0.25) is 10.0 Å². The first-order valence-electron chi connectivity index (χ1n) is 9.28. The van der Waals surface area contributed by atoms with Crippen LogP contribution in [0, 0.1) is 0 Å². The number of fused-ring (bicyclic) bond motifs is 1. The van der Waals surface area contributed by atoms with Crippen LogP contribution in [0.4, 0.5) is 4.79 Å². The lowest BCUT2D eigenvalue weighted by molar-refractivity contribution is 0.133. The third-order valence-electron chi connectivity index (χ3n) is 4.73. The molecule has 1 aliphatic rings. The van der Waals surface area contributed by atoms with E-state index < -0.39 is 6.09 Å². The Morgan fingerprint density at radius 1 is 1.03 bits per heavy atom. The second-order valence-electron chi connectivity index (χ2n) is 6.80. The maximum Gasteiger partial charge on any atom is 0.407 e. The van der Waals surface area contributed by atoms with Gasteiger partial charge in [-0.15, -0.1) is 0 Å². The summed E-state index contributed by atoms with van der Waals surface area (Å²) in [6.07, 6.45) is 0.0558. The lowest BCUT2D eigenvalue weighted by Gasteiger charge is -2.14. The molecular weight excluding hydrogens is 409 g/mol. The van der Waals surface area contributed by atoms with Crippen LogP contribution in [-0.2, 0) is 17.8 Å². The van der Waals surface area contributed by atoms with Crippen molar-refractivity contribution in [3.05, 3.63) is 87.9 Å². The Morgan fingerprint density at radius 3 is 2.69 bits per heavy atom. The van der Waals surface area contributed by atoms with Gasteiger partial charge >= 0.3 is 6.09 Å². The van der Waals surface area contributed by atoms with E-state index >= 15 is 0 Å². The molecule has 0 saturated heterocycles. The van der Waals surface area contributed by atoms with Crippen LogP contribution in [0.15, 0.2) is 66.7 Å². The van der Waals surface area contributed by atoms with Gasteiger partial charge in [-0.1, -0.05) is 71.7 Å². The summed E-state index contributed by atoms with van der Waals surface area (Å²) in [5.41, 5.74) is 3.73. The molecule has 0 bridgehead atoms. The lowest BCUT2D eigenvalue weighted by Crippen LogP contribution is -2.34. The first-order valence-corrected chi connectivity index (χ1v) is 10.0. The van der Waals surface area contributed by atoms with Gasteiger partial charge in [0, 0.05) is 27.6 Å². The Kier molecular flexibility index (Phi) is 5.93. The number of rotatable bonds is 5. The third-order valence-corrected chi connectivity index (χ3v) is 5.30. The average molecular weight is 428 g/mol. The Balaban J connectivity index is 1.38. The molecule has 4 rings (SSSR count). The zero-order valence-electron chi connectivity index (χ0n) is 15.5. The zero-order chi connectivity index (χ0) is 20.2. The Morgan fingerprint density at radius 2 is 1.86 bits per heavy atom. The van der Waals surface area contributed by atoms with Gasteiger partial charge in [0.2, 0.25) is 0 Å². The Labute approximate surface area is 179 Å². The van der Waals surface area contributed by atoms with Gasteiger partial charge in [-0.2, -0.15) is 0 Å². The number of hydrogen-bond donors (Lipinski definition) is 1. The SMILES string of the molecule is O=C(NCC1Cc2cccc(-c3cc(Cl)ccc3Cl)c2O1)OCc1ccccc1. The van der Waals surface area contributed by atoms with Gasteiger partial charge in [0.05, 0.1) is 6.54 Å².